The summed E-state index contributed by atoms with van der Waals surface area (Å²) >= 11 is 0. The van der Waals surface area contributed by atoms with Crippen molar-refractivity contribution in [1.82, 2.24) is 15.2 Å². The molecule has 25 heavy (non-hydrogen) atoms. The van der Waals surface area contributed by atoms with Crippen LogP contribution in [0.4, 0.5) is 0 Å². The minimum Gasteiger partial charge on any atom is -0.454 e. The summed E-state index contributed by atoms with van der Waals surface area (Å²) in [7, 11) is 2.02. The SMILES string of the molecule is CCNC(=NCc1ccn(C)c1)NCCc1ccc2c(c1)OCO2.I. The highest BCUT2D eigenvalue weighted by Gasteiger charge is 2.12. The van der Waals surface area contributed by atoms with E-state index in [1.54, 1.807) is 0 Å². The van der Waals surface area contributed by atoms with Gasteiger partial charge in [0, 0.05) is 32.5 Å². The van der Waals surface area contributed by atoms with Crippen LogP contribution in [0.15, 0.2) is 41.7 Å². The number of aromatic nitrogens is 1. The molecule has 1 aromatic heterocycles. The van der Waals surface area contributed by atoms with Gasteiger partial charge in [-0.05, 0) is 42.7 Å². The Labute approximate surface area is 165 Å². The highest BCUT2D eigenvalue weighted by atomic mass is 127. The van der Waals surface area contributed by atoms with Crippen LogP contribution in [0.2, 0.25) is 0 Å². The van der Waals surface area contributed by atoms with Gasteiger partial charge < -0.3 is 24.7 Å². The number of halogens is 1. The lowest BCUT2D eigenvalue weighted by Gasteiger charge is -2.11. The molecule has 2 N–H and O–H groups in total. The van der Waals surface area contributed by atoms with Gasteiger partial charge in [0.25, 0.3) is 0 Å². The predicted octanol–water partition coefficient (Wildman–Crippen LogP) is 2.67. The summed E-state index contributed by atoms with van der Waals surface area (Å²) < 4.78 is 12.8. The van der Waals surface area contributed by atoms with Crippen molar-refractivity contribution in [1.29, 1.82) is 0 Å². The van der Waals surface area contributed by atoms with Crippen LogP contribution in [-0.2, 0) is 20.0 Å². The summed E-state index contributed by atoms with van der Waals surface area (Å²) in [6, 6.07) is 8.16. The zero-order valence-corrected chi connectivity index (χ0v) is 16.9. The van der Waals surface area contributed by atoms with Crippen molar-refractivity contribution in [3.05, 3.63) is 47.8 Å². The zero-order valence-electron chi connectivity index (χ0n) is 14.6. The molecule has 1 aromatic carbocycles. The average molecular weight is 456 g/mol. The van der Waals surface area contributed by atoms with Gasteiger partial charge in [-0.15, -0.1) is 24.0 Å². The molecule has 1 aliphatic rings. The first-order valence-electron chi connectivity index (χ1n) is 8.26. The number of hydrogen-bond donors (Lipinski definition) is 2. The van der Waals surface area contributed by atoms with Gasteiger partial charge in [-0.25, -0.2) is 4.99 Å². The molecule has 1 aliphatic heterocycles. The topological polar surface area (TPSA) is 59.8 Å². The van der Waals surface area contributed by atoms with Gasteiger partial charge in [-0.1, -0.05) is 6.07 Å². The maximum absolute atomic E-state index is 5.41. The largest absolute Gasteiger partial charge is 0.454 e. The summed E-state index contributed by atoms with van der Waals surface area (Å²) in [5.74, 6) is 2.49. The molecule has 0 bridgehead atoms. The van der Waals surface area contributed by atoms with Crippen molar-refractivity contribution < 1.29 is 9.47 Å². The van der Waals surface area contributed by atoms with Gasteiger partial charge in [0.15, 0.2) is 17.5 Å². The molecule has 0 atom stereocenters. The van der Waals surface area contributed by atoms with Crippen molar-refractivity contribution >= 4 is 29.9 Å². The number of rotatable bonds is 6. The minimum absolute atomic E-state index is 0. The van der Waals surface area contributed by atoms with E-state index in [2.05, 4.69) is 40.9 Å². The van der Waals surface area contributed by atoms with E-state index in [4.69, 9.17) is 9.47 Å². The van der Waals surface area contributed by atoms with E-state index in [-0.39, 0.29) is 24.0 Å². The van der Waals surface area contributed by atoms with E-state index in [1.165, 1.54) is 11.1 Å². The van der Waals surface area contributed by atoms with Crippen molar-refractivity contribution in [3.8, 4) is 11.5 Å². The van der Waals surface area contributed by atoms with Crippen molar-refractivity contribution in [2.75, 3.05) is 19.9 Å². The third-order valence-corrected chi connectivity index (χ3v) is 3.80. The summed E-state index contributed by atoms with van der Waals surface area (Å²) in [5, 5.41) is 6.65. The lowest BCUT2D eigenvalue weighted by atomic mass is 10.1. The van der Waals surface area contributed by atoms with E-state index >= 15 is 0 Å². The Hall–Kier alpha value is -1.90. The highest BCUT2D eigenvalue weighted by molar-refractivity contribution is 14.0. The van der Waals surface area contributed by atoms with E-state index in [9.17, 15) is 0 Å². The second-order valence-electron chi connectivity index (χ2n) is 5.74. The number of hydrogen-bond acceptors (Lipinski definition) is 3. The number of ether oxygens (including phenoxy) is 2. The minimum atomic E-state index is 0. The number of benzene rings is 1. The van der Waals surface area contributed by atoms with Gasteiger partial charge in [-0.3, -0.25) is 0 Å². The quantitative estimate of drug-likeness (QED) is 0.399. The van der Waals surface area contributed by atoms with E-state index in [1.807, 2.05) is 29.9 Å². The zero-order chi connectivity index (χ0) is 16.8. The fourth-order valence-electron chi connectivity index (χ4n) is 2.59. The Balaban J connectivity index is 0.00000225. The molecule has 7 heteroatoms. The first-order valence-corrected chi connectivity index (χ1v) is 8.26. The molecule has 0 radical (unpaired) electrons. The van der Waals surface area contributed by atoms with Crippen LogP contribution in [0.3, 0.4) is 0 Å². The summed E-state index contributed by atoms with van der Waals surface area (Å²) in [6.45, 7) is 4.69. The third-order valence-electron chi connectivity index (χ3n) is 3.80. The van der Waals surface area contributed by atoms with E-state index in [0.717, 1.165) is 37.0 Å². The Kier molecular flexibility index (Phi) is 7.42. The molecule has 136 valence electrons. The third kappa shape index (κ3) is 5.55. The Morgan fingerprint density at radius 2 is 2.00 bits per heavy atom. The van der Waals surface area contributed by atoms with Crippen molar-refractivity contribution in [2.45, 2.75) is 19.9 Å². The summed E-state index contributed by atoms with van der Waals surface area (Å²) in [4.78, 5) is 4.62. The molecule has 6 nitrogen and oxygen atoms in total. The van der Waals surface area contributed by atoms with Gasteiger partial charge in [0.2, 0.25) is 6.79 Å². The standard InChI is InChI=1S/C18H24N4O2.HI/c1-3-19-18(21-11-15-7-9-22(2)12-15)20-8-6-14-4-5-16-17(10-14)24-13-23-16;/h4-5,7,9-10,12H,3,6,8,11,13H2,1-2H3,(H2,19,20,21);1H. The van der Waals surface area contributed by atoms with Crippen LogP contribution >= 0.6 is 24.0 Å². The molecule has 0 unspecified atom stereocenters. The second-order valence-corrected chi connectivity index (χ2v) is 5.74. The van der Waals surface area contributed by atoms with E-state index in [0.29, 0.717) is 13.3 Å². The Morgan fingerprint density at radius 1 is 1.16 bits per heavy atom. The Morgan fingerprint density at radius 3 is 2.76 bits per heavy atom. The van der Waals surface area contributed by atoms with Crippen LogP contribution in [-0.4, -0.2) is 30.4 Å². The summed E-state index contributed by atoms with van der Waals surface area (Å²) in [5.41, 5.74) is 2.41. The number of aliphatic imine (C=N–C) groups is 1. The molecule has 2 heterocycles. The predicted molar refractivity (Wildman–Crippen MR) is 110 cm³/mol. The first-order chi connectivity index (χ1) is 11.7. The van der Waals surface area contributed by atoms with Gasteiger partial charge in [-0.2, -0.15) is 0 Å². The number of aryl methyl sites for hydroxylation is 1. The van der Waals surface area contributed by atoms with E-state index < -0.39 is 0 Å². The highest BCUT2D eigenvalue weighted by Crippen LogP contribution is 2.32. The van der Waals surface area contributed by atoms with Gasteiger partial charge in [0.05, 0.1) is 6.54 Å². The molecule has 0 saturated heterocycles. The van der Waals surface area contributed by atoms with Crippen LogP contribution in [0.1, 0.15) is 18.1 Å². The lowest BCUT2D eigenvalue weighted by molar-refractivity contribution is 0.174. The van der Waals surface area contributed by atoms with Gasteiger partial charge in [0.1, 0.15) is 0 Å². The van der Waals surface area contributed by atoms with Crippen LogP contribution in [0.5, 0.6) is 11.5 Å². The molecular formula is C18H25IN4O2. The molecule has 0 aliphatic carbocycles. The maximum atomic E-state index is 5.41. The number of guanidine groups is 1. The van der Waals surface area contributed by atoms with Gasteiger partial charge >= 0.3 is 0 Å². The second kappa shape index (κ2) is 9.55. The smallest absolute Gasteiger partial charge is 0.231 e. The Bertz CT molecular complexity index is 715. The van der Waals surface area contributed by atoms with Crippen LogP contribution < -0.4 is 20.1 Å². The molecule has 3 rings (SSSR count). The first kappa shape index (κ1) is 19.4. The maximum Gasteiger partial charge on any atom is 0.231 e. The van der Waals surface area contributed by atoms with Crippen LogP contribution in [0, 0.1) is 0 Å². The number of fused-ring (bicyclic) bond motifs is 1. The lowest BCUT2D eigenvalue weighted by Crippen LogP contribution is -2.38. The molecule has 2 aromatic rings. The fraction of sp³-hybridized carbons (Fsp3) is 0.389. The average Bonchev–Trinajstić information content (AvgIpc) is 3.20. The molecule has 0 spiro atoms. The molecule has 0 saturated carbocycles. The summed E-state index contributed by atoms with van der Waals surface area (Å²) in [6.07, 6.45) is 5.01. The molecular weight excluding hydrogens is 431 g/mol. The van der Waals surface area contributed by atoms with Crippen molar-refractivity contribution in [3.63, 3.8) is 0 Å². The number of nitrogens with one attached hydrogen (secondary N) is 2. The van der Waals surface area contributed by atoms with Crippen LogP contribution in [0.25, 0.3) is 0 Å². The number of nitrogens with zero attached hydrogens (tertiary/aromatic N) is 2. The normalized spacial score (nSPS) is 12.6. The fourth-order valence-corrected chi connectivity index (χ4v) is 2.59. The van der Waals surface area contributed by atoms with Crippen molar-refractivity contribution in [2.24, 2.45) is 12.0 Å². The molecule has 0 amide bonds. The monoisotopic (exact) mass is 456 g/mol. The molecule has 0 fully saturated rings.